The first-order valence-electron chi connectivity index (χ1n) is 7.24. The van der Waals surface area contributed by atoms with E-state index in [2.05, 4.69) is 6.92 Å². The van der Waals surface area contributed by atoms with Crippen molar-refractivity contribution in [2.24, 2.45) is 11.3 Å². The third-order valence-corrected chi connectivity index (χ3v) is 3.73. The van der Waals surface area contributed by atoms with Gasteiger partial charge in [0, 0.05) is 0 Å². The lowest BCUT2D eigenvalue weighted by atomic mass is 9.80. The Morgan fingerprint density at radius 1 is 1.10 bits per heavy atom. The van der Waals surface area contributed by atoms with Crippen LogP contribution in [0.5, 0.6) is 0 Å². The van der Waals surface area contributed by atoms with Crippen LogP contribution in [-0.2, 0) is 14.3 Å². The third kappa shape index (κ3) is 7.73. The van der Waals surface area contributed by atoms with Crippen LogP contribution >= 0.6 is 12.4 Å². The molecule has 0 aromatic carbocycles. The molecule has 1 atom stereocenters. The van der Waals surface area contributed by atoms with Crippen LogP contribution in [0.2, 0.25) is 0 Å². The zero-order valence-corrected chi connectivity index (χ0v) is 13.9. The number of carboxylic acid groups (broad SMARTS) is 1. The van der Waals surface area contributed by atoms with E-state index in [-0.39, 0.29) is 12.4 Å². The van der Waals surface area contributed by atoms with Crippen LogP contribution in [0, 0.1) is 11.3 Å². The number of esters is 1. The minimum atomic E-state index is -1.09. The molecule has 4 nitrogen and oxygen atoms in total. The second kappa shape index (κ2) is 11.0. The van der Waals surface area contributed by atoms with Crippen LogP contribution in [-0.4, -0.2) is 23.7 Å². The fourth-order valence-corrected chi connectivity index (χ4v) is 1.66. The van der Waals surface area contributed by atoms with E-state index in [1.807, 2.05) is 0 Å². The molecular weight excluding hydrogens is 280 g/mol. The van der Waals surface area contributed by atoms with E-state index >= 15 is 0 Å². The number of ether oxygens (including phenoxy) is 1. The van der Waals surface area contributed by atoms with Crippen LogP contribution in [0.3, 0.4) is 0 Å². The van der Waals surface area contributed by atoms with Crippen molar-refractivity contribution >= 4 is 24.3 Å². The lowest BCUT2D eigenvalue weighted by Crippen LogP contribution is -2.37. The number of carbonyl (C=O) groups is 2. The summed E-state index contributed by atoms with van der Waals surface area (Å²) in [7, 11) is 0. The maximum Gasteiger partial charge on any atom is 0.309 e. The number of hydrogen-bond acceptors (Lipinski definition) is 3. The Bertz CT molecular complexity index is 290. The number of rotatable bonds is 10. The zero-order valence-electron chi connectivity index (χ0n) is 13.1. The van der Waals surface area contributed by atoms with Crippen molar-refractivity contribution in [2.45, 2.75) is 66.2 Å². The predicted molar refractivity (Wildman–Crippen MR) is 82.2 cm³/mol. The van der Waals surface area contributed by atoms with Crippen molar-refractivity contribution in [2.75, 3.05) is 6.61 Å². The predicted octanol–water partition coefficient (Wildman–Crippen LogP) is 4.06. The fourth-order valence-electron chi connectivity index (χ4n) is 1.66. The minimum absolute atomic E-state index is 0. The maximum atomic E-state index is 11.7. The molecule has 0 fully saturated rings. The number of aliphatic carboxylic acids is 1. The molecule has 0 aromatic rings. The van der Waals surface area contributed by atoms with Gasteiger partial charge in [-0.25, -0.2) is 0 Å². The number of unbranched alkanes of at least 4 members (excludes halogenated alkanes) is 5. The van der Waals surface area contributed by atoms with Gasteiger partial charge in [0.05, 0.1) is 17.9 Å². The molecule has 0 spiro atoms. The van der Waals surface area contributed by atoms with Crippen molar-refractivity contribution in [3.63, 3.8) is 0 Å². The van der Waals surface area contributed by atoms with Crippen LogP contribution in [0.25, 0.3) is 0 Å². The highest BCUT2D eigenvalue weighted by Crippen LogP contribution is 2.27. The standard InChI is InChI=1S/C15H28O4.ClH/c1-5-6-7-8-9-10-11-19-13(16)12(2)15(3,4)14(17)18;/h12H,5-11H2,1-4H3,(H,17,18);1H. The van der Waals surface area contributed by atoms with Gasteiger partial charge >= 0.3 is 11.9 Å². The van der Waals surface area contributed by atoms with E-state index in [0.29, 0.717) is 6.61 Å². The molecule has 0 rings (SSSR count). The van der Waals surface area contributed by atoms with Crippen molar-refractivity contribution in [3.05, 3.63) is 0 Å². The molecule has 0 aromatic heterocycles. The Hall–Kier alpha value is -0.770. The average Bonchev–Trinajstić information content (AvgIpc) is 2.36. The van der Waals surface area contributed by atoms with Gasteiger partial charge in [-0.1, -0.05) is 46.0 Å². The molecule has 0 amide bonds. The lowest BCUT2D eigenvalue weighted by molar-refractivity contribution is -0.162. The summed E-state index contributed by atoms with van der Waals surface area (Å²) < 4.78 is 5.14. The summed E-state index contributed by atoms with van der Waals surface area (Å²) in [6.45, 7) is 7.27. The van der Waals surface area contributed by atoms with Gasteiger partial charge in [0.1, 0.15) is 0 Å². The highest BCUT2D eigenvalue weighted by atomic mass is 35.5. The van der Waals surface area contributed by atoms with Gasteiger partial charge in [-0.15, -0.1) is 12.4 Å². The lowest BCUT2D eigenvalue weighted by Gasteiger charge is -2.25. The topological polar surface area (TPSA) is 63.6 Å². The smallest absolute Gasteiger partial charge is 0.309 e. The molecule has 0 radical (unpaired) electrons. The first kappa shape index (κ1) is 21.5. The first-order chi connectivity index (χ1) is 8.84. The van der Waals surface area contributed by atoms with Crippen molar-refractivity contribution < 1.29 is 19.4 Å². The zero-order chi connectivity index (χ0) is 14.9. The number of hydrogen-bond donors (Lipinski definition) is 1. The number of carbonyl (C=O) groups excluding carboxylic acids is 1. The van der Waals surface area contributed by atoms with Crippen molar-refractivity contribution in [3.8, 4) is 0 Å². The molecule has 20 heavy (non-hydrogen) atoms. The van der Waals surface area contributed by atoms with Gasteiger partial charge in [0.2, 0.25) is 0 Å². The second-order valence-corrected chi connectivity index (χ2v) is 5.68. The molecular formula is C15H29ClO4. The molecule has 0 aliphatic heterocycles. The van der Waals surface area contributed by atoms with Gasteiger partial charge in [-0.3, -0.25) is 9.59 Å². The Labute approximate surface area is 128 Å². The molecule has 0 aliphatic rings. The summed E-state index contributed by atoms with van der Waals surface area (Å²) in [6, 6.07) is 0. The highest BCUT2D eigenvalue weighted by molar-refractivity contribution is 5.85. The van der Waals surface area contributed by atoms with Gasteiger partial charge in [-0.2, -0.15) is 0 Å². The summed E-state index contributed by atoms with van der Waals surface area (Å²) in [4.78, 5) is 22.8. The molecule has 5 heteroatoms. The highest BCUT2D eigenvalue weighted by Gasteiger charge is 2.39. The average molecular weight is 309 g/mol. The second-order valence-electron chi connectivity index (χ2n) is 5.68. The van der Waals surface area contributed by atoms with Crippen LogP contribution in [0.1, 0.15) is 66.2 Å². The minimum Gasteiger partial charge on any atom is -0.481 e. The molecule has 0 saturated carbocycles. The van der Waals surface area contributed by atoms with Crippen molar-refractivity contribution in [1.29, 1.82) is 0 Å². The summed E-state index contributed by atoms with van der Waals surface area (Å²) in [5.41, 5.74) is -1.09. The number of halogens is 1. The van der Waals surface area contributed by atoms with Crippen LogP contribution in [0.15, 0.2) is 0 Å². The largest absolute Gasteiger partial charge is 0.481 e. The molecule has 120 valence electrons. The van der Waals surface area contributed by atoms with Gasteiger partial charge in [0.15, 0.2) is 0 Å². The van der Waals surface area contributed by atoms with Crippen LogP contribution < -0.4 is 0 Å². The van der Waals surface area contributed by atoms with Crippen LogP contribution in [0.4, 0.5) is 0 Å². The number of carboxylic acids is 1. The SMILES string of the molecule is CCCCCCCCOC(=O)C(C)C(C)(C)C(=O)O.Cl. The van der Waals surface area contributed by atoms with E-state index in [1.54, 1.807) is 20.8 Å². The fraction of sp³-hybridized carbons (Fsp3) is 0.867. The van der Waals surface area contributed by atoms with E-state index < -0.39 is 23.3 Å². The first-order valence-corrected chi connectivity index (χ1v) is 7.24. The Morgan fingerprint density at radius 3 is 2.10 bits per heavy atom. The van der Waals surface area contributed by atoms with E-state index in [1.165, 1.54) is 25.7 Å². The summed E-state index contributed by atoms with van der Waals surface area (Å²) >= 11 is 0. The summed E-state index contributed by atoms with van der Waals surface area (Å²) in [5, 5.41) is 9.04. The maximum absolute atomic E-state index is 11.7. The molecule has 1 N–H and O–H groups in total. The molecule has 0 heterocycles. The van der Waals surface area contributed by atoms with Gasteiger partial charge in [-0.05, 0) is 20.3 Å². The molecule has 1 unspecified atom stereocenters. The monoisotopic (exact) mass is 308 g/mol. The Kier molecular flexibility index (Phi) is 11.8. The Balaban J connectivity index is 0. The Morgan fingerprint density at radius 2 is 1.60 bits per heavy atom. The molecule has 0 saturated heterocycles. The third-order valence-electron chi connectivity index (χ3n) is 3.73. The van der Waals surface area contributed by atoms with Gasteiger partial charge < -0.3 is 9.84 Å². The molecule has 0 aliphatic carbocycles. The van der Waals surface area contributed by atoms with E-state index in [0.717, 1.165) is 12.8 Å². The summed E-state index contributed by atoms with van der Waals surface area (Å²) in [6.07, 6.45) is 6.79. The normalized spacial score (nSPS) is 12.4. The van der Waals surface area contributed by atoms with Gasteiger partial charge in [0.25, 0.3) is 0 Å². The van der Waals surface area contributed by atoms with Crippen molar-refractivity contribution in [1.82, 2.24) is 0 Å². The van der Waals surface area contributed by atoms with E-state index in [9.17, 15) is 9.59 Å². The quantitative estimate of drug-likeness (QED) is 0.488. The molecule has 0 bridgehead atoms. The van der Waals surface area contributed by atoms with E-state index in [4.69, 9.17) is 9.84 Å². The summed E-state index contributed by atoms with van der Waals surface area (Å²) in [5.74, 6) is -2.03.